The van der Waals surface area contributed by atoms with Crippen molar-refractivity contribution in [2.24, 2.45) is 0 Å². The molecule has 2 aromatic rings. The SMILES string of the molecule is CCCCc1nc(N)c2ncn([C@@H]3O[C@H](COP(O)(O)=S)[C@@H](O)[C@H]3O)c2n1. The van der Waals surface area contributed by atoms with E-state index in [4.69, 9.17) is 24.8 Å². The molecule has 0 aromatic carbocycles. The highest BCUT2D eigenvalue weighted by Crippen LogP contribution is 2.39. The summed E-state index contributed by atoms with van der Waals surface area (Å²) in [6.45, 7) is -2.23. The normalized spacial score (nSPS) is 26.1. The van der Waals surface area contributed by atoms with Gasteiger partial charge < -0.3 is 35.0 Å². The van der Waals surface area contributed by atoms with Gasteiger partial charge in [-0.1, -0.05) is 13.3 Å². The third kappa shape index (κ3) is 4.44. The van der Waals surface area contributed by atoms with E-state index in [0.29, 0.717) is 23.4 Å². The third-order valence-electron chi connectivity index (χ3n) is 4.27. The van der Waals surface area contributed by atoms with Crippen LogP contribution in [0.2, 0.25) is 0 Å². The van der Waals surface area contributed by atoms with E-state index in [2.05, 4.69) is 33.7 Å². The molecule has 6 N–H and O–H groups in total. The number of anilines is 1. The second-order valence-corrected chi connectivity index (χ2v) is 8.95. The van der Waals surface area contributed by atoms with Crippen LogP contribution in [-0.2, 0) is 27.5 Å². The number of aliphatic hydroxyl groups excluding tert-OH is 2. The molecular formula is C14H22N5O6PS. The number of nitrogens with zero attached hydrogens (tertiary/aromatic N) is 4. The van der Waals surface area contributed by atoms with Gasteiger partial charge in [0, 0.05) is 6.42 Å². The highest BCUT2D eigenvalue weighted by Gasteiger charge is 2.45. The largest absolute Gasteiger partial charge is 0.387 e. The van der Waals surface area contributed by atoms with Gasteiger partial charge in [-0.05, 0) is 18.2 Å². The van der Waals surface area contributed by atoms with Crippen LogP contribution in [-0.4, -0.2) is 64.4 Å². The Morgan fingerprint density at radius 1 is 1.33 bits per heavy atom. The summed E-state index contributed by atoms with van der Waals surface area (Å²) in [7, 11) is 0. The zero-order valence-corrected chi connectivity index (χ0v) is 16.3. The Balaban J connectivity index is 1.88. The number of imidazole rings is 1. The van der Waals surface area contributed by atoms with Gasteiger partial charge in [-0.2, -0.15) is 0 Å². The average molecular weight is 419 g/mol. The van der Waals surface area contributed by atoms with Gasteiger partial charge in [-0.25, -0.2) is 15.0 Å². The molecule has 3 rings (SSSR count). The molecule has 150 valence electrons. The maximum Gasteiger partial charge on any atom is 0.321 e. The number of nitrogen functional groups attached to an aromatic ring is 1. The number of ether oxygens (including phenoxy) is 1. The van der Waals surface area contributed by atoms with Crippen molar-refractivity contribution in [2.45, 2.75) is 50.7 Å². The van der Waals surface area contributed by atoms with Crippen molar-refractivity contribution < 1.29 is 29.3 Å². The van der Waals surface area contributed by atoms with Crippen LogP contribution in [0.15, 0.2) is 6.33 Å². The molecule has 0 spiro atoms. The minimum Gasteiger partial charge on any atom is -0.387 e. The van der Waals surface area contributed by atoms with Gasteiger partial charge >= 0.3 is 6.72 Å². The third-order valence-corrected chi connectivity index (χ3v) is 5.07. The molecule has 0 unspecified atom stereocenters. The highest BCUT2D eigenvalue weighted by atomic mass is 32.5. The smallest absolute Gasteiger partial charge is 0.321 e. The van der Waals surface area contributed by atoms with Gasteiger partial charge in [-0.15, -0.1) is 0 Å². The average Bonchev–Trinajstić information content (AvgIpc) is 3.13. The Hall–Kier alpha value is -1.24. The van der Waals surface area contributed by atoms with Crippen molar-refractivity contribution in [3.05, 3.63) is 12.2 Å². The van der Waals surface area contributed by atoms with Crippen LogP contribution < -0.4 is 5.73 Å². The molecule has 27 heavy (non-hydrogen) atoms. The molecule has 0 bridgehead atoms. The Morgan fingerprint density at radius 2 is 2.07 bits per heavy atom. The lowest BCUT2D eigenvalue weighted by molar-refractivity contribution is -0.0487. The van der Waals surface area contributed by atoms with Crippen LogP contribution in [0.25, 0.3) is 11.2 Å². The predicted molar refractivity (Wildman–Crippen MR) is 98.9 cm³/mol. The molecule has 4 atom stereocenters. The summed E-state index contributed by atoms with van der Waals surface area (Å²) in [5.74, 6) is 0.775. The van der Waals surface area contributed by atoms with E-state index in [1.165, 1.54) is 10.9 Å². The number of rotatable bonds is 7. The maximum absolute atomic E-state index is 10.4. The molecule has 1 aliphatic rings. The fourth-order valence-electron chi connectivity index (χ4n) is 2.89. The first kappa shape index (κ1) is 20.5. The number of nitrogens with two attached hydrogens (primary N) is 1. The van der Waals surface area contributed by atoms with Crippen LogP contribution >= 0.6 is 6.72 Å². The molecule has 1 saturated heterocycles. The van der Waals surface area contributed by atoms with Crippen LogP contribution in [0.4, 0.5) is 5.82 Å². The lowest BCUT2D eigenvalue weighted by Crippen LogP contribution is -2.33. The Morgan fingerprint density at radius 3 is 2.74 bits per heavy atom. The first-order valence-electron chi connectivity index (χ1n) is 8.42. The monoisotopic (exact) mass is 419 g/mol. The lowest BCUT2D eigenvalue weighted by atomic mass is 10.1. The second-order valence-electron chi connectivity index (χ2n) is 6.29. The van der Waals surface area contributed by atoms with E-state index in [0.717, 1.165) is 12.8 Å². The fourth-order valence-corrected chi connectivity index (χ4v) is 3.41. The molecule has 0 aliphatic carbocycles. The van der Waals surface area contributed by atoms with Crippen molar-refractivity contribution >= 4 is 35.5 Å². The summed E-state index contributed by atoms with van der Waals surface area (Å²) in [5, 5.41) is 20.6. The number of unbranched alkanes of at least 4 members (excludes halogenated alkanes) is 1. The molecule has 0 radical (unpaired) electrons. The summed E-state index contributed by atoms with van der Waals surface area (Å²) in [6.07, 6.45) is -0.757. The quantitative estimate of drug-likeness (QED) is 0.370. The van der Waals surface area contributed by atoms with Gasteiger partial charge in [0.25, 0.3) is 0 Å². The summed E-state index contributed by atoms with van der Waals surface area (Å²) >= 11 is 4.38. The van der Waals surface area contributed by atoms with Gasteiger partial charge in [0.15, 0.2) is 17.7 Å². The fraction of sp³-hybridized carbons (Fsp3) is 0.643. The van der Waals surface area contributed by atoms with Crippen LogP contribution in [0.3, 0.4) is 0 Å². The first-order chi connectivity index (χ1) is 12.7. The summed E-state index contributed by atoms with van der Waals surface area (Å²) < 4.78 is 11.8. The van der Waals surface area contributed by atoms with Crippen molar-refractivity contribution in [3.8, 4) is 0 Å². The van der Waals surface area contributed by atoms with Crippen molar-refractivity contribution in [1.29, 1.82) is 0 Å². The number of aliphatic hydroxyl groups is 2. The minimum absolute atomic E-state index is 0.221. The van der Waals surface area contributed by atoms with E-state index in [1.807, 2.05) is 0 Å². The van der Waals surface area contributed by atoms with E-state index in [-0.39, 0.29) is 12.4 Å². The van der Waals surface area contributed by atoms with E-state index >= 15 is 0 Å². The van der Waals surface area contributed by atoms with Gasteiger partial charge in [0.2, 0.25) is 0 Å². The summed E-state index contributed by atoms with van der Waals surface area (Å²) in [6, 6.07) is 0. The number of aromatic nitrogens is 4. The molecule has 11 nitrogen and oxygen atoms in total. The number of aryl methyl sites for hydroxylation is 1. The predicted octanol–water partition coefficient (Wildman–Crippen LogP) is -0.404. The molecule has 1 aliphatic heterocycles. The molecule has 2 aromatic heterocycles. The summed E-state index contributed by atoms with van der Waals surface area (Å²) in [4.78, 5) is 31.2. The van der Waals surface area contributed by atoms with Crippen molar-refractivity contribution in [1.82, 2.24) is 19.5 Å². The summed E-state index contributed by atoms with van der Waals surface area (Å²) in [5.41, 5.74) is 6.70. The van der Waals surface area contributed by atoms with E-state index < -0.39 is 31.3 Å². The van der Waals surface area contributed by atoms with Crippen LogP contribution in [0.1, 0.15) is 31.8 Å². The lowest BCUT2D eigenvalue weighted by Gasteiger charge is -2.17. The minimum atomic E-state index is -3.90. The number of hydrogen-bond acceptors (Lipinski definition) is 9. The molecule has 1 fully saturated rings. The van der Waals surface area contributed by atoms with E-state index in [1.54, 1.807) is 0 Å². The first-order valence-corrected chi connectivity index (χ1v) is 11.0. The van der Waals surface area contributed by atoms with Crippen LogP contribution in [0.5, 0.6) is 0 Å². The Labute approximate surface area is 160 Å². The van der Waals surface area contributed by atoms with Crippen molar-refractivity contribution in [2.75, 3.05) is 12.3 Å². The van der Waals surface area contributed by atoms with E-state index in [9.17, 15) is 10.2 Å². The topological polar surface area (TPSA) is 169 Å². The standard InChI is InChI=1S/C14H22N5O6PS/c1-2-3-4-8-17-12(15)9-13(18-8)19(6-16-9)14-11(21)10(20)7(25-14)5-24-26(22,23)27/h6-7,10-11,14,20-21H,2-5H2,1H3,(H2,15,17,18)(H2,22,23,27)/t7-,10-,11-,14-/m1/s1. The zero-order valence-electron chi connectivity index (χ0n) is 14.5. The van der Waals surface area contributed by atoms with Gasteiger partial charge in [0.05, 0.1) is 12.9 Å². The maximum atomic E-state index is 10.4. The van der Waals surface area contributed by atoms with Crippen molar-refractivity contribution in [3.63, 3.8) is 0 Å². The molecular weight excluding hydrogens is 397 g/mol. The van der Waals surface area contributed by atoms with Gasteiger partial charge in [0.1, 0.15) is 29.7 Å². The molecule has 13 heteroatoms. The number of fused-ring (bicyclic) bond motifs is 1. The zero-order chi connectivity index (χ0) is 19.8. The molecule has 0 saturated carbocycles. The number of hydrogen-bond donors (Lipinski definition) is 5. The molecule has 3 heterocycles. The van der Waals surface area contributed by atoms with Crippen LogP contribution in [0, 0.1) is 0 Å². The second kappa shape index (κ2) is 8.02. The highest BCUT2D eigenvalue weighted by molar-refractivity contribution is 8.06. The Bertz CT molecular complexity index is 860. The Kier molecular flexibility index (Phi) is 6.08. The van der Waals surface area contributed by atoms with Gasteiger partial charge in [-0.3, -0.25) is 4.57 Å². The molecule has 0 amide bonds.